The quantitative estimate of drug-likeness (QED) is 0.300. The largest absolute Gasteiger partial charge is 0.356 e. The van der Waals surface area contributed by atoms with E-state index in [0.717, 1.165) is 62.4 Å². The van der Waals surface area contributed by atoms with Gasteiger partial charge in [0, 0.05) is 44.8 Å². The zero-order chi connectivity index (χ0) is 30.2. The number of imidazole rings is 1. The second kappa shape index (κ2) is 11.8. The lowest BCUT2D eigenvalue weighted by atomic mass is 10.0. The van der Waals surface area contributed by atoms with Gasteiger partial charge in [0.2, 0.25) is 5.43 Å². The molecule has 3 aromatic heterocycles. The molecule has 0 saturated carbocycles. The Balaban J connectivity index is 1.20. The van der Waals surface area contributed by atoms with Crippen molar-refractivity contribution < 1.29 is 9.59 Å². The van der Waals surface area contributed by atoms with E-state index in [4.69, 9.17) is 4.98 Å². The van der Waals surface area contributed by atoms with Crippen LogP contribution in [0.15, 0.2) is 71.5 Å². The molecule has 7 rings (SSSR count). The minimum absolute atomic E-state index is 0.0542. The molecule has 226 valence electrons. The smallest absolute Gasteiger partial charge is 0.259 e. The molecule has 0 bridgehead atoms. The van der Waals surface area contributed by atoms with Crippen LogP contribution in [0, 0.1) is 0 Å². The average Bonchev–Trinajstić information content (AvgIpc) is 3.68. The molecule has 10 nitrogen and oxygen atoms in total. The molecule has 0 atom stereocenters. The van der Waals surface area contributed by atoms with Gasteiger partial charge in [-0.3, -0.25) is 18.8 Å². The van der Waals surface area contributed by atoms with E-state index in [-0.39, 0.29) is 28.8 Å². The highest BCUT2D eigenvalue weighted by Crippen LogP contribution is 2.27. The molecule has 2 N–H and O–H groups in total. The number of likely N-dealkylation sites (tertiary alicyclic amines) is 1. The maximum atomic E-state index is 14.0. The highest BCUT2D eigenvalue weighted by molar-refractivity contribution is 6.06. The molecule has 2 saturated heterocycles. The summed E-state index contributed by atoms with van der Waals surface area (Å²) in [5.41, 5.74) is 3.35. The Morgan fingerprint density at radius 1 is 0.864 bits per heavy atom. The van der Waals surface area contributed by atoms with Crippen LogP contribution in [0.3, 0.4) is 0 Å². The van der Waals surface area contributed by atoms with Crippen molar-refractivity contribution in [2.45, 2.75) is 31.7 Å². The number of rotatable bonds is 7. The lowest BCUT2D eigenvalue weighted by molar-refractivity contribution is 0.0928. The molecular formula is C34H37N7O3. The lowest BCUT2D eigenvalue weighted by Crippen LogP contribution is -2.45. The number of aryl methyl sites for hydroxylation is 1. The van der Waals surface area contributed by atoms with Crippen molar-refractivity contribution in [1.29, 1.82) is 0 Å². The number of benzene rings is 2. The molecule has 2 aromatic carbocycles. The van der Waals surface area contributed by atoms with Gasteiger partial charge < -0.3 is 25.0 Å². The predicted octanol–water partition coefficient (Wildman–Crippen LogP) is 3.56. The van der Waals surface area contributed by atoms with Gasteiger partial charge in [-0.05, 0) is 75.2 Å². The van der Waals surface area contributed by atoms with Crippen LogP contribution in [-0.2, 0) is 7.05 Å². The van der Waals surface area contributed by atoms with Crippen molar-refractivity contribution in [3.63, 3.8) is 0 Å². The Morgan fingerprint density at radius 2 is 1.57 bits per heavy atom. The molecule has 0 aliphatic carbocycles. The number of aromatic nitrogens is 3. The van der Waals surface area contributed by atoms with Crippen LogP contribution in [0.1, 0.15) is 46.4 Å². The van der Waals surface area contributed by atoms with Crippen LogP contribution in [0.25, 0.3) is 27.7 Å². The predicted molar refractivity (Wildman–Crippen MR) is 173 cm³/mol. The molecule has 44 heavy (non-hydrogen) atoms. The zero-order valence-corrected chi connectivity index (χ0v) is 25.0. The van der Waals surface area contributed by atoms with E-state index < -0.39 is 0 Å². The molecule has 2 aliphatic rings. The van der Waals surface area contributed by atoms with Gasteiger partial charge in [0.05, 0.1) is 16.4 Å². The number of anilines is 1. The molecule has 0 radical (unpaired) electrons. The summed E-state index contributed by atoms with van der Waals surface area (Å²) >= 11 is 0. The number of hydrogen-bond acceptors (Lipinski definition) is 6. The molecule has 2 aliphatic heterocycles. The van der Waals surface area contributed by atoms with E-state index in [0.29, 0.717) is 28.8 Å². The highest BCUT2D eigenvalue weighted by Gasteiger charge is 2.26. The van der Waals surface area contributed by atoms with Crippen LogP contribution < -0.4 is 21.0 Å². The fourth-order valence-corrected chi connectivity index (χ4v) is 6.75. The molecule has 2 fully saturated rings. The summed E-state index contributed by atoms with van der Waals surface area (Å²) in [7, 11) is 1.89. The summed E-state index contributed by atoms with van der Waals surface area (Å²) in [4.78, 5) is 49.9. The third kappa shape index (κ3) is 5.09. The second-order valence-electron chi connectivity index (χ2n) is 11.9. The van der Waals surface area contributed by atoms with Gasteiger partial charge in [-0.15, -0.1) is 0 Å². The first-order valence-electron chi connectivity index (χ1n) is 15.5. The normalized spacial score (nSPS) is 16.2. The van der Waals surface area contributed by atoms with Crippen molar-refractivity contribution in [3.05, 3.63) is 88.1 Å². The Kier molecular flexibility index (Phi) is 7.51. The molecule has 0 spiro atoms. The van der Waals surface area contributed by atoms with Crippen molar-refractivity contribution in [1.82, 2.24) is 29.5 Å². The number of pyridine rings is 2. The first-order chi connectivity index (χ1) is 21.5. The summed E-state index contributed by atoms with van der Waals surface area (Å²) in [5.74, 6) is 0.360. The van der Waals surface area contributed by atoms with Crippen molar-refractivity contribution in [2.75, 3.05) is 44.2 Å². The molecule has 0 unspecified atom stereocenters. The first-order valence-corrected chi connectivity index (χ1v) is 15.5. The maximum absolute atomic E-state index is 14.0. The monoisotopic (exact) mass is 591 g/mol. The Morgan fingerprint density at radius 3 is 2.32 bits per heavy atom. The number of hydrogen-bond donors (Lipinski definition) is 2. The number of carbonyl (C=O) groups excluding carboxylic acids is 2. The zero-order valence-electron chi connectivity index (χ0n) is 25.0. The molecule has 5 aromatic rings. The van der Waals surface area contributed by atoms with Crippen molar-refractivity contribution in [3.8, 4) is 0 Å². The van der Waals surface area contributed by atoms with Gasteiger partial charge >= 0.3 is 0 Å². The lowest BCUT2D eigenvalue weighted by Gasteiger charge is -2.33. The summed E-state index contributed by atoms with van der Waals surface area (Å²) in [6, 6.07) is 20.9. The minimum atomic E-state index is -0.358. The highest BCUT2D eigenvalue weighted by atomic mass is 16.2. The summed E-state index contributed by atoms with van der Waals surface area (Å²) in [6.45, 7) is 4.82. The van der Waals surface area contributed by atoms with Gasteiger partial charge in [-0.2, -0.15) is 0 Å². The Bertz CT molecular complexity index is 1920. The molecule has 5 heterocycles. The third-order valence-corrected chi connectivity index (χ3v) is 9.11. The molecule has 2 amide bonds. The summed E-state index contributed by atoms with van der Waals surface area (Å²) < 4.78 is 3.87. The number of nitrogens with zero attached hydrogens (tertiary/aromatic N) is 5. The number of piperidine rings is 1. The first kappa shape index (κ1) is 28.1. The van der Waals surface area contributed by atoms with E-state index in [1.54, 1.807) is 6.07 Å². The van der Waals surface area contributed by atoms with E-state index in [1.807, 2.05) is 76.7 Å². The Labute approximate surface area is 255 Å². The standard InChI is InChI=1S/C34H37N7O3/c1-38-26-11-5-6-12-27(26)41-31-25(30(42)29(34(38)41)33(44)35-17-22-39-18-7-8-19-39)13-14-28(37-31)40-20-15-24(16-21-40)36-32(43)23-9-3-2-4-10-23/h2-6,9-14,24H,7-8,15-22H2,1H3,(H,35,44)(H,36,43). The van der Waals surface area contributed by atoms with Crippen molar-refractivity contribution in [2.24, 2.45) is 7.05 Å². The van der Waals surface area contributed by atoms with Gasteiger partial charge in [0.25, 0.3) is 11.8 Å². The van der Waals surface area contributed by atoms with E-state index >= 15 is 0 Å². The number of carbonyl (C=O) groups is 2. The topological polar surface area (TPSA) is 104 Å². The SMILES string of the molecule is Cn1c2ccccc2n2c3nc(N4CCC(NC(=O)c5ccccc5)CC4)ccc3c(=O)c(C(=O)NCCN3CCCC3)c12. The van der Waals surface area contributed by atoms with Crippen LogP contribution in [0.4, 0.5) is 5.82 Å². The van der Waals surface area contributed by atoms with E-state index in [2.05, 4.69) is 20.4 Å². The Hall–Kier alpha value is -4.70. The number of para-hydroxylation sites is 2. The van der Waals surface area contributed by atoms with Crippen LogP contribution >= 0.6 is 0 Å². The van der Waals surface area contributed by atoms with Crippen LogP contribution in [-0.4, -0.2) is 76.0 Å². The molecular weight excluding hydrogens is 554 g/mol. The molecule has 10 heteroatoms. The second-order valence-corrected chi connectivity index (χ2v) is 11.9. The number of amides is 2. The van der Waals surface area contributed by atoms with Gasteiger partial charge in [0.15, 0.2) is 5.65 Å². The average molecular weight is 592 g/mol. The van der Waals surface area contributed by atoms with Gasteiger partial charge in [-0.1, -0.05) is 30.3 Å². The van der Waals surface area contributed by atoms with Crippen LogP contribution in [0.2, 0.25) is 0 Å². The number of fused-ring (bicyclic) bond motifs is 5. The van der Waals surface area contributed by atoms with Crippen LogP contribution in [0.5, 0.6) is 0 Å². The third-order valence-electron chi connectivity index (χ3n) is 9.11. The van der Waals surface area contributed by atoms with Gasteiger partial charge in [-0.25, -0.2) is 4.98 Å². The van der Waals surface area contributed by atoms with E-state index in [1.165, 1.54) is 12.8 Å². The maximum Gasteiger partial charge on any atom is 0.259 e. The van der Waals surface area contributed by atoms with Gasteiger partial charge in [0.1, 0.15) is 17.0 Å². The van der Waals surface area contributed by atoms with Crippen molar-refractivity contribution >= 4 is 45.3 Å². The minimum Gasteiger partial charge on any atom is -0.356 e. The number of nitrogens with one attached hydrogen (secondary N) is 2. The fourth-order valence-electron chi connectivity index (χ4n) is 6.75. The van der Waals surface area contributed by atoms with E-state index in [9.17, 15) is 14.4 Å². The fraction of sp³-hybridized carbons (Fsp3) is 0.353. The summed E-state index contributed by atoms with van der Waals surface area (Å²) in [5, 5.41) is 6.60. The summed E-state index contributed by atoms with van der Waals surface area (Å²) in [6.07, 6.45) is 3.96.